The maximum atomic E-state index is 12.4. The molecule has 0 saturated heterocycles. The van der Waals surface area contributed by atoms with Gasteiger partial charge in [0.15, 0.2) is 0 Å². The van der Waals surface area contributed by atoms with E-state index < -0.39 is 0 Å². The lowest BCUT2D eigenvalue weighted by atomic mass is 10.2. The molecule has 1 amide bonds. The van der Waals surface area contributed by atoms with Crippen molar-refractivity contribution in [3.8, 4) is 0 Å². The normalized spacial score (nSPS) is 16.6. The van der Waals surface area contributed by atoms with E-state index >= 15 is 0 Å². The van der Waals surface area contributed by atoms with Gasteiger partial charge in [0.1, 0.15) is 5.76 Å². The molecular formula is C15H21N5O2S. The topological polar surface area (TPSA) is 77.1 Å². The predicted octanol–water partition coefficient (Wildman–Crippen LogP) is 2.69. The van der Waals surface area contributed by atoms with Gasteiger partial charge >= 0.3 is 0 Å². The summed E-state index contributed by atoms with van der Waals surface area (Å²) in [4.78, 5) is 14.1. The monoisotopic (exact) mass is 335 g/mol. The van der Waals surface area contributed by atoms with Crippen molar-refractivity contribution in [1.29, 1.82) is 0 Å². The second-order valence-corrected chi connectivity index (χ2v) is 6.77. The fourth-order valence-corrected chi connectivity index (χ4v) is 3.69. The Labute approximate surface area is 139 Å². The number of rotatable bonds is 6. The summed E-state index contributed by atoms with van der Waals surface area (Å²) in [6.45, 7) is 1.95. The first-order valence-electron chi connectivity index (χ1n) is 7.86. The first kappa shape index (κ1) is 16.0. The molecule has 1 unspecified atom stereocenters. The second-order valence-electron chi connectivity index (χ2n) is 5.83. The minimum absolute atomic E-state index is 0.0277. The highest BCUT2D eigenvalue weighted by Gasteiger charge is 2.24. The van der Waals surface area contributed by atoms with Crippen LogP contribution < -0.4 is 0 Å². The zero-order valence-corrected chi connectivity index (χ0v) is 14.2. The molecule has 0 bridgehead atoms. The quantitative estimate of drug-likeness (QED) is 0.755. The van der Waals surface area contributed by atoms with E-state index in [1.54, 1.807) is 18.2 Å². The minimum atomic E-state index is -0.0936. The van der Waals surface area contributed by atoms with Crippen molar-refractivity contribution in [2.75, 3.05) is 12.8 Å². The molecular weight excluding hydrogens is 314 g/mol. The van der Waals surface area contributed by atoms with E-state index in [0.29, 0.717) is 11.8 Å². The van der Waals surface area contributed by atoms with Crippen molar-refractivity contribution in [1.82, 2.24) is 25.1 Å². The number of carbonyl (C=O) groups is 1. The second kappa shape index (κ2) is 7.16. The molecule has 2 aromatic rings. The van der Waals surface area contributed by atoms with Gasteiger partial charge in [0.2, 0.25) is 11.1 Å². The highest BCUT2D eigenvalue weighted by Crippen LogP contribution is 2.31. The van der Waals surface area contributed by atoms with E-state index in [9.17, 15) is 4.79 Å². The molecule has 0 spiro atoms. The lowest BCUT2D eigenvalue weighted by Crippen LogP contribution is -2.31. The Hall–Kier alpha value is -1.83. The lowest BCUT2D eigenvalue weighted by Gasteiger charge is -2.23. The predicted molar refractivity (Wildman–Crippen MR) is 85.9 cm³/mol. The summed E-state index contributed by atoms with van der Waals surface area (Å²) >= 11 is 1.40. The van der Waals surface area contributed by atoms with Gasteiger partial charge in [-0.2, -0.15) is 0 Å². The van der Waals surface area contributed by atoms with E-state index in [2.05, 4.69) is 15.5 Å². The van der Waals surface area contributed by atoms with Crippen molar-refractivity contribution in [2.24, 2.45) is 0 Å². The Bertz CT molecular complexity index is 636. The number of carbonyl (C=O) groups excluding carboxylic acids is 1. The molecule has 2 aromatic heterocycles. The molecule has 2 heterocycles. The Morgan fingerprint density at radius 3 is 3.00 bits per heavy atom. The van der Waals surface area contributed by atoms with Crippen molar-refractivity contribution < 1.29 is 9.21 Å². The van der Waals surface area contributed by atoms with Crippen LogP contribution in [0, 0.1) is 0 Å². The van der Waals surface area contributed by atoms with Crippen molar-refractivity contribution in [2.45, 2.75) is 49.8 Å². The van der Waals surface area contributed by atoms with Gasteiger partial charge in [-0.25, -0.2) is 4.68 Å². The third-order valence-electron chi connectivity index (χ3n) is 4.39. The molecule has 7 nitrogen and oxygen atoms in total. The van der Waals surface area contributed by atoms with Gasteiger partial charge in [-0.1, -0.05) is 24.6 Å². The van der Waals surface area contributed by atoms with Gasteiger partial charge < -0.3 is 9.32 Å². The summed E-state index contributed by atoms with van der Waals surface area (Å²) in [6.07, 6.45) is 6.28. The van der Waals surface area contributed by atoms with Crippen LogP contribution in [-0.4, -0.2) is 43.8 Å². The number of nitrogens with zero attached hydrogens (tertiary/aromatic N) is 5. The molecule has 1 saturated carbocycles. The first-order chi connectivity index (χ1) is 11.2. The summed E-state index contributed by atoms with van der Waals surface area (Å²) in [6, 6.07) is 3.99. The molecule has 1 atom stereocenters. The summed E-state index contributed by atoms with van der Waals surface area (Å²) < 4.78 is 7.24. The van der Waals surface area contributed by atoms with Crippen LogP contribution in [0.25, 0.3) is 0 Å². The van der Waals surface area contributed by atoms with Crippen molar-refractivity contribution >= 4 is 17.7 Å². The molecule has 1 aliphatic rings. The van der Waals surface area contributed by atoms with Gasteiger partial charge in [-0.05, 0) is 42.3 Å². The summed E-state index contributed by atoms with van der Waals surface area (Å²) in [5.74, 6) is 1.12. The Morgan fingerprint density at radius 2 is 2.30 bits per heavy atom. The van der Waals surface area contributed by atoms with Gasteiger partial charge in [0.25, 0.3) is 0 Å². The molecule has 3 rings (SSSR count). The highest BCUT2D eigenvalue weighted by molar-refractivity contribution is 7.99. The SMILES string of the molecule is CC(c1ccco1)N(C)C(=O)CSc1nnnn1C1CCCC1. The van der Waals surface area contributed by atoms with Crippen LogP contribution in [0.5, 0.6) is 0 Å². The average Bonchev–Trinajstić information content (AvgIpc) is 3.32. The molecule has 0 radical (unpaired) electrons. The first-order valence-corrected chi connectivity index (χ1v) is 8.85. The van der Waals surface area contributed by atoms with Crippen LogP contribution in [0.1, 0.15) is 50.5 Å². The zero-order valence-electron chi connectivity index (χ0n) is 13.4. The average molecular weight is 335 g/mol. The number of hydrogen-bond acceptors (Lipinski definition) is 6. The number of thioether (sulfide) groups is 1. The standard InChI is InChI=1S/C15H21N5O2S/c1-11(13-8-5-9-22-13)19(2)14(21)10-23-15-16-17-18-20(15)12-6-3-4-7-12/h5,8-9,11-12H,3-4,6-7,10H2,1-2H3. The maximum Gasteiger partial charge on any atom is 0.233 e. The van der Waals surface area contributed by atoms with Gasteiger partial charge in [-0.3, -0.25) is 4.79 Å². The summed E-state index contributed by atoms with van der Waals surface area (Å²) in [7, 11) is 1.79. The van der Waals surface area contributed by atoms with E-state index in [1.807, 2.05) is 23.7 Å². The largest absolute Gasteiger partial charge is 0.467 e. The van der Waals surface area contributed by atoms with E-state index in [-0.39, 0.29) is 11.9 Å². The summed E-state index contributed by atoms with van der Waals surface area (Å²) in [5.41, 5.74) is 0. The zero-order chi connectivity index (χ0) is 16.2. The van der Waals surface area contributed by atoms with Crippen LogP contribution in [0.4, 0.5) is 0 Å². The van der Waals surface area contributed by atoms with Crippen molar-refractivity contribution in [3.63, 3.8) is 0 Å². The van der Waals surface area contributed by atoms with Gasteiger partial charge in [0, 0.05) is 7.05 Å². The third-order valence-corrected chi connectivity index (χ3v) is 5.31. The number of aromatic nitrogens is 4. The highest BCUT2D eigenvalue weighted by atomic mass is 32.2. The van der Waals surface area contributed by atoms with Gasteiger partial charge in [-0.15, -0.1) is 5.10 Å². The Kier molecular flexibility index (Phi) is 5.00. The summed E-state index contributed by atoms with van der Waals surface area (Å²) in [5, 5.41) is 12.6. The molecule has 1 fully saturated rings. The molecule has 124 valence electrons. The van der Waals surface area contributed by atoms with E-state index in [0.717, 1.165) is 23.8 Å². The lowest BCUT2D eigenvalue weighted by molar-refractivity contribution is -0.129. The van der Waals surface area contributed by atoms with Crippen LogP contribution in [0.3, 0.4) is 0 Å². The van der Waals surface area contributed by atoms with Crippen LogP contribution >= 0.6 is 11.8 Å². The smallest absolute Gasteiger partial charge is 0.233 e. The van der Waals surface area contributed by atoms with Crippen LogP contribution in [0.2, 0.25) is 0 Å². The Morgan fingerprint density at radius 1 is 1.52 bits per heavy atom. The number of furan rings is 1. The van der Waals surface area contributed by atoms with Crippen LogP contribution in [-0.2, 0) is 4.79 Å². The third kappa shape index (κ3) is 3.57. The fourth-order valence-electron chi connectivity index (χ4n) is 2.82. The number of tetrazole rings is 1. The maximum absolute atomic E-state index is 12.4. The molecule has 1 aliphatic carbocycles. The molecule has 0 N–H and O–H groups in total. The number of hydrogen-bond donors (Lipinski definition) is 0. The van der Waals surface area contributed by atoms with Crippen molar-refractivity contribution in [3.05, 3.63) is 24.2 Å². The Balaban J connectivity index is 1.58. The van der Waals surface area contributed by atoms with Gasteiger partial charge in [0.05, 0.1) is 24.1 Å². The van der Waals surface area contributed by atoms with E-state index in [1.165, 1.54) is 24.6 Å². The van der Waals surface area contributed by atoms with Crippen LogP contribution in [0.15, 0.2) is 28.0 Å². The molecule has 23 heavy (non-hydrogen) atoms. The number of amides is 1. The molecule has 0 aliphatic heterocycles. The molecule has 8 heteroatoms. The molecule has 0 aromatic carbocycles. The minimum Gasteiger partial charge on any atom is -0.467 e. The fraction of sp³-hybridized carbons (Fsp3) is 0.600. The van der Waals surface area contributed by atoms with E-state index in [4.69, 9.17) is 4.42 Å².